The third kappa shape index (κ3) is 4.22. The molecule has 1 aromatic rings. The van der Waals surface area contributed by atoms with E-state index in [0.717, 1.165) is 31.5 Å². The van der Waals surface area contributed by atoms with Gasteiger partial charge in [0.05, 0.1) is 10.0 Å². The van der Waals surface area contributed by atoms with Crippen molar-refractivity contribution in [2.45, 2.75) is 32.4 Å². The fourth-order valence-corrected chi connectivity index (χ4v) is 2.96. The maximum absolute atomic E-state index is 13.2. The first-order valence-corrected chi connectivity index (χ1v) is 7.35. The summed E-state index contributed by atoms with van der Waals surface area (Å²) in [5.41, 5.74) is 6.81. The lowest BCUT2D eigenvalue weighted by Crippen LogP contribution is -2.39. The van der Waals surface area contributed by atoms with Gasteiger partial charge in [0.15, 0.2) is 0 Å². The van der Waals surface area contributed by atoms with E-state index in [1.165, 1.54) is 6.07 Å². The predicted octanol–water partition coefficient (Wildman–Crippen LogP) is 4.11. The molecule has 1 unspecified atom stereocenters. The second-order valence-electron chi connectivity index (χ2n) is 5.31. The van der Waals surface area contributed by atoms with Crippen LogP contribution in [0.3, 0.4) is 0 Å². The van der Waals surface area contributed by atoms with Crippen molar-refractivity contribution in [3.05, 3.63) is 33.6 Å². The summed E-state index contributed by atoms with van der Waals surface area (Å²) in [5.74, 6) is 0.134. The first-order valence-electron chi connectivity index (χ1n) is 6.59. The predicted molar refractivity (Wildman–Crippen MR) is 85.3 cm³/mol. The Kier molecular flexibility index (Phi) is 7.02. The molecule has 2 rings (SSSR count). The molecule has 114 valence electrons. The van der Waals surface area contributed by atoms with Crippen molar-refractivity contribution in [2.24, 2.45) is 11.7 Å². The summed E-state index contributed by atoms with van der Waals surface area (Å²) >= 11 is 11.9. The van der Waals surface area contributed by atoms with Crippen LogP contribution in [-0.2, 0) is 6.54 Å². The first kappa shape index (κ1) is 18.0. The van der Waals surface area contributed by atoms with E-state index >= 15 is 0 Å². The fraction of sp³-hybridized carbons (Fsp3) is 0.571. The molecule has 1 atom stereocenters. The number of nitrogens with two attached hydrogens (primary N) is 1. The highest BCUT2D eigenvalue weighted by Crippen LogP contribution is 2.30. The molecule has 1 saturated heterocycles. The first-order chi connectivity index (χ1) is 8.99. The molecule has 1 fully saturated rings. The molecule has 0 saturated carbocycles. The quantitative estimate of drug-likeness (QED) is 0.838. The number of hydrogen-bond acceptors (Lipinski definition) is 2. The van der Waals surface area contributed by atoms with Gasteiger partial charge in [-0.05, 0) is 50.4 Å². The van der Waals surface area contributed by atoms with Crippen molar-refractivity contribution < 1.29 is 4.39 Å². The summed E-state index contributed by atoms with van der Waals surface area (Å²) in [6, 6.07) is 3.34. The van der Waals surface area contributed by atoms with Crippen LogP contribution in [0.4, 0.5) is 4.39 Å². The Balaban J connectivity index is 0.00000200. The van der Waals surface area contributed by atoms with E-state index < -0.39 is 5.82 Å². The number of piperidine rings is 1. The van der Waals surface area contributed by atoms with Gasteiger partial charge in [0.1, 0.15) is 5.82 Å². The highest BCUT2D eigenvalue weighted by atomic mass is 35.5. The van der Waals surface area contributed by atoms with E-state index in [9.17, 15) is 4.39 Å². The Morgan fingerprint density at radius 1 is 1.30 bits per heavy atom. The molecule has 1 aromatic carbocycles. The number of benzene rings is 1. The standard InChI is InChI=1S/C14H19Cl2FN2.ClH/c1-9(18)10-4-6-19(7-5-10)8-11-2-3-12(17)14(16)13(11)15;/h2-3,9-10H,4-8,18H2,1H3;1H. The van der Waals surface area contributed by atoms with Gasteiger partial charge in [-0.15, -0.1) is 12.4 Å². The Labute approximate surface area is 135 Å². The second kappa shape index (κ2) is 7.81. The van der Waals surface area contributed by atoms with Crippen LogP contribution in [0.25, 0.3) is 0 Å². The van der Waals surface area contributed by atoms with Gasteiger partial charge in [-0.25, -0.2) is 4.39 Å². The van der Waals surface area contributed by atoms with Gasteiger partial charge in [0.2, 0.25) is 0 Å². The number of nitrogens with zero attached hydrogens (tertiary/aromatic N) is 1. The van der Waals surface area contributed by atoms with E-state index in [-0.39, 0.29) is 23.5 Å². The second-order valence-corrected chi connectivity index (χ2v) is 6.06. The van der Waals surface area contributed by atoms with E-state index in [1.54, 1.807) is 6.07 Å². The van der Waals surface area contributed by atoms with Crippen molar-refractivity contribution >= 4 is 35.6 Å². The maximum atomic E-state index is 13.2. The molecular formula is C14H20Cl3FN2. The number of halogens is 4. The van der Waals surface area contributed by atoms with E-state index in [2.05, 4.69) is 11.8 Å². The molecule has 0 aromatic heterocycles. The molecule has 1 aliphatic rings. The summed E-state index contributed by atoms with van der Waals surface area (Å²) in [6.07, 6.45) is 2.20. The van der Waals surface area contributed by atoms with Crippen molar-refractivity contribution in [1.29, 1.82) is 0 Å². The van der Waals surface area contributed by atoms with Crippen LogP contribution in [0.1, 0.15) is 25.3 Å². The van der Waals surface area contributed by atoms with Gasteiger partial charge < -0.3 is 5.73 Å². The van der Waals surface area contributed by atoms with Gasteiger partial charge >= 0.3 is 0 Å². The lowest BCUT2D eigenvalue weighted by molar-refractivity contribution is 0.166. The lowest BCUT2D eigenvalue weighted by atomic mass is 9.91. The summed E-state index contributed by atoms with van der Waals surface area (Å²) in [5, 5.41) is 0.348. The van der Waals surface area contributed by atoms with E-state index in [1.807, 2.05) is 0 Å². The highest BCUT2D eigenvalue weighted by molar-refractivity contribution is 6.42. The molecule has 0 amide bonds. The van der Waals surface area contributed by atoms with Crippen LogP contribution in [0.15, 0.2) is 12.1 Å². The zero-order chi connectivity index (χ0) is 14.0. The van der Waals surface area contributed by atoms with Crippen LogP contribution in [0.2, 0.25) is 10.0 Å². The third-order valence-electron chi connectivity index (χ3n) is 3.88. The Morgan fingerprint density at radius 2 is 1.90 bits per heavy atom. The summed E-state index contributed by atoms with van der Waals surface area (Å²) in [4.78, 5) is 2.31. The van der Waals surface area contributed by atoms with Crippen LogP contribution in [0, 0.1) is 11.7 Å². The minimum absolute atomic E-state index is 0. The molecule has 1 heterocycles. The largest absolute Gasteiger partial charge is 0.328 e. The lowest BCUT2D eigenvalue weighted by Gasteiger charge is -2.33. The van der Waals surface area contributed by atoms with Crippen LogP contribution in [0.5, 0.6) is 0 Å². The van der Waals surface area contributed by atoms with Crippen molar-refractivity contribution in [2.75, 3.05) is 13.1 Å². The minimum Gasteiger partial charge on any atom is -0.328 e. The van der Waals surface area contributed by atoms with Crippen molar-refractivity contribution in [1.82, 2.24) is 4.90 Å². The fourth-order valence-electron chi connectivity index (χ4n) is 2.57. The molecule has 2 nitrogen and oxygen atoms in total. The van der Waals surface area contributed by atoms with Gasteiger partial charge in [0, 0.05) is 12.6 Å². The molecule has 1 aliphatic heterocycles. The molecule has 2 N–H and O–H groups in total. The summed E-state index contributed by atoms with van der Waals surface area (Å²) in [6.45, 7) is 4.77. The van der Waals surface area contributed by atoms with Crippen LogP contribution < -0.4 is 5.73 Å². The number of rotatable bonds is 3. The third-order valence-corrected chi connectivity index (χ3v) is 4.78. The number of likely N-dealkylation sites (tertiary alicyclic amines) is 1. The molecule has 6 heteroatoms. The highest BCUT2D eigenvalue weighted by Gasteiger charge is 2.22. The number of hydrogen-bond donors (Lipinski definition) is 1. The Morgan fingerprint density at radius 3 is 2.45 bits per heavy atom. The topological polar surface area (TPSA) is 29.3 Å². The monoisotopic (exact) mass is 340 g/mol. The average Bonchev–Trinajstić information content (AvgIpc) is 2.40. The van der Waals surface area contributed by atoms with Gasteiger partial charge in [-0.3, -0.25) is 4.90 Å². The zero-order valence-electron chi connectivity index (χ0n) is 11.4. The van der Waals surface area contributed by atoms with Crippen LogP contribution >= 0.6 is 35.6 Å². The normalized spacial score (nSPS) is 18.6. The smallest absolute Gasteiger partial charge is 0.143 e. The molecule has 20 heavy (non-hydrogen) atoms. The van der Waals surface area contributed by atoms with E-state index in [4.69, 9.17) is 28.9 Å². The minimum atomic E-state index is -0.467. The van der Waals surface area contributed by atoms with E-state index in [0.29, 0.717) is 17.5 Å². The Hall–Kier alpha value is -0.0600. The summed E-state index contributed by atoms with van der Waals surface area (Å²) < 4.78 is 13.2. The van der Waals surface area contributed by atoms with Gasteiger partial charge in [-0.2, -0.15) is 0 Å². The molecule has 0 spiro atoms. The van der Waals surface area contributed by atoms with Crippen LogP contribution in [-0.4, -0.2) is 24.0 Å². The van der Waals surface area contributed by atoms with Crippen molar-refractivity contribution in [3.8, 4) is 0 Å². The molecule has 0 radical (unpaired) electrons. The SMILES string of the molecule is CC(N)C1CCN(Cc2ccc(F)c(Cl)c2Cl)CC1.Cl. The molecule has 0 aliphatic carbocycles. The molecular weight excluding hydrogens is 322 g/mol. The molecule has 0 bridgehead atoms. The summed E-state index contributed by atoms with van der Waals surface area (Å²) in [7, 11) is 0. The van der Waals surface area contributed by atoms with Crippen molar-refractivity contribution in [3.63, 3.8) is 0 Å². The van der Waals surface area contributed by atoms with Gasteiger partial charge in [-0.1, -0.05) is 29.3 Å². The maximum Gasteiger partial charge on any atom is 0.143 e. The Bertz CT molecular complexity index is 446. The average molecular weight is 342 g/mol. The van der Waals surface area contributed by atoms with Gasteiger partial charge in [0.25, 0.3) is 0 Å². The zero-order valence-corrected chi connectivity index (χ0v) is 13.7.